The van der Waals surface area contributed by atoms with Crippen LogP contribution in [0.2, 0.25) is 0 Å². The van der Waals surface area contributed by atoms with Gasteiger partial charge in [0.2, 0.25) is 0 Å². The standard InChI is InChI=1S/C15H24FNS/c1-5-14(17)15(18-11(4)10(2)3)12-8-6-7-9-13(12)16/h6-11,14-15H,5,17H2,1-4H3. The molecule has 1 rings (SSSR count). The van der Waals surface area contributed by atoms with Crippen molar-refractivity contribution in [3.8, 4) is 0 Å². The first-order chi connectivity index (χ1) is 8.47. The van der Waals surface area contributed by atoms with Crippen molar-refractivity contribution in [2.75, 3.05) is 0 Å². The maximum absolute atomic E-state index is 13.9. The highest BCUT2D eigenvalue weighted by atomic mass is 32.2. The molecule has 0 aromatic heterocycles. The second-order valence-corrected chi connectivity index (χ2v) is 6.62. The summed E-state index contributed by atoms with van der Waals surface area (Å²) < 4.78 is 13.9. The van der Waals surface area contributed by atoms with Crippen molar-refractivity contribution in [1.82, 2.24) is 0 Å². The molecule has 0 aliphatic rings. The molecule has 0 fully saturated rings. The van der Waals surface area contributed by atoms with Gasteiger partial charge in [-0.3, -0.25) is 0 Å². The van der Waals surface area contributed by atoms with E-state index < -0.39 is 0 Å². The van der Waals surface area contributed by atoms with Crippen LogP contribution in [-0.2, 0) is 0 Å². The number of hydrogen-bond acceptors (Lipinski definition) is 2. The minimum atomic E-state index is -0.144. The summed E-state index contributed by atoms with van der Waals surface area (Å²) in [6.45, 7) is 8.62. The summed E-state index contributed by atoms with van der Waals surface area (Å²) in [5.74, 6) is 0.420. The Balaban J connectivity index is 2.95. The number of halogens is 1. The molecule has 0 aliphatic heterocycles. The monoisotopic (exact) mass is 269 g/mol. The Morgan fingerprint density at radius 1 is 1.22 bits per heavy atom. The minimum absolute atomic E-state index is 0.00639. The molecule has 102 valence electrons. The largest absolute Gasteiger partial charge is 0.326 e. The average molecular weight is 269 g/mol. The van der Waals surface area contributed by atoms with Crippen LogP contribution in [0.25, 0.3) is 0 Å². The lowest BCUT2D eigenvalue weighted by molar-refractivity contribution is 0.566. The van der Waals surface area contributed by atoms with E-state index in [-0.39, 0.29) is 17.1 Å². The minimum Gasteiger partial charge on any atom is -0.326 e. The van der Waals surface area contributed by atoms with Crippen molar-refractivity contribution in [1.29, 1.82) is 0 Å². The van der Waals surface area contributed by atoms with Gasteiger partial charge in [0.1, 0.15) is 5.82 Å². The molecule has 0 spiro atoms. The van der Waals surface area contributed by atoms with Gasteiger partial charge in [-0.15, -0.1) is 11.8 Å². The first kappa shape index (κ1) is 15.5. The van der Waals surface area contributed by atoms with Crippen LogP contribution >= 0.6 is 11.8 Å². The topological polar surface area (TPSA) is 26.0 Å². The lowest BCUT2D eigenvalue weighted by atomic mass is 10.0. The maximum atomic E-state index is 13.9. The fourth-order valence-corrected chi connectivity index (χ4v) is 3.22. The number of thioether (sulfide) groups is 1. The molecule has 0 saturated heterocycles. The Kier molecular flexibility index (Phi) is 6.16. The van der Waals surface area contributed by atoms with Crippen LogP contribution in [0.1, 0.15) is 44.9 Å². The normalized spacial score (nSPS) is 16.6. The highest BCUT2D eigenvalue weighted by Gasteiger charge is 2.25. The van der Waals surface area contributed by atoms with Crippen LogP contribution in [-0.4, -0.2) is 11.3 Å². The van der Waals surface area contributed by atoms with E-state index in [1.165, 1.54) is 6.07 Å². The van der Waals surface area contributed by atoms with E-state index in [9.17, 15) is 4.39 Å². The average Bonchev–Trinajstić information content (AvgIpc) is 2.35. The Hall–Kier alpha value is -0.540. The molecule has 1 nitrogen and oxygen atoms in total. The van der Waals surface area contributed by atoms with Crippen LogP contribution in [0.4, 0.5) is 4.39 Å². The molecule has 2 N–H and O–H groups in total. The van der Waals surface area contributed by atoms with Crippen LogP contribution in [0.15, 0.2) is 24.3 Å². The van der Waals surface area contributed by atoms with Gasteiger partial charge < -0.3 is 5.73 Å². The molecule has 18 heavy (non-hydrogen) atoms. The molecular weight excluding hydrogens is 245 g/mol. The second-order valence-electron chi connectivity index (χ2n) is 5.10. The highest BCUT2D eigenvalue weighted by Crippen LogP contribution is 2.38. The molecule has 3 atom stereocenters. The van der Waals surface area contributed by atoms with Gasteiger partial charge in [-0.25, -0.2) is 4.39 Å². The molecule has 0 aliphatic carbocycles. The summed E-state index contributed by atoms with van der Waals surface area (Å²) in [6.07, 6.45) is 0.858. The van der Waals surface area contributed by atoms with E-state index in [0.717, 1.165) is 12.0 Å². The van der Waals surface area contributed by atoms with Gasteiger partial charge in [-0.05, 0) is 18.4 Å². The van der Waals surface area contributed by atoms with Gasteiger partial charge in [0, 0.05) is 22.1 Å². The van der Waals surface area contributed by atoms with Crippen LogP contribution < -0.4 is 5.73 Å². The number of hydrogen-bond donors (Lipinski definition) is 1. The lowest BCUT2D eigenvalue weighted by Crippen LogP contribution is -2.28. The Labute approximate surface area is 114 Å². The molecule has 1 aromatic carbocycles. The van der Waals surface area contributed by atoms with Crippen molar-refractivity contribution >= 4 is 11.8 Å². The van der Waals surface area contributed by atoms with Gasteiger partial charge in [0.05, 0.1) is 0 Å². The first-order valence-electron chi connectivity index (χ1n) is 6.62. The Morgan fingerprint density at radius 3 is 2.33 bits per heavy atom. The van der Waals surface area contributed by atoms with Gasteiger partial charge in [0.15, 0.2) is 0 Å². The third-order valence-electron chi connectivity index (χ3n) is 3.37. The van der Waals surface area contributed by atoms with Gasteiger partial charge >= 0.3 is 0 Å². The van der Waals surface area contributed by atoms with Crippen molar-refractivity contribution < 1.29 is 4.39 Å². The zero-order chi connectivity index (χ0) is 13.7. The summed E-state index contributed by atoms with van der Waals surface area (Å²) in [6, 6.07) is 6.98. The van der Waals surface area contributed by atoms with Gasteiger partial charge in [-0.2, -0.15) is 0 Å². The van der Waals surface area contributed by atoms with Crippen molar-refractivity contribution in [3.05, 3.63) is 35.6 Å². The van der Waals surface area contributed by atoms with E-state index in [4.69, 9.17) is 5.73 Å². The second kappa shape index (κ2) is 7.15. The van der Waals surface area contributed by atoms with E-state index in [1.54, 1.807) is 17.8 Å². The zero-order valence-electron chi connectivity index (χ0n) is 11.7. The van der Waals surface area contributed by atoms with Crippen LogP contribution in [0, 0.1) is 11.7 Å². The number of nitrogens with two attached hydrogens (primary N) is 1. The summed E-state index contributed by atoms with van der Waals surface area (Å²) in [5.41, 5.74) is 6.92. The zero-order valence-corrected chi connectivity index (χ0v) is 12.5. The summed E-state index contributed by atoms with van der Waals surface area (Å²) >= 11 is 1.79. The summed E-state index contributed by atoms with van der Waals surface area (Å²) in [4.78, 5) is 0. The highest BCUT2D eigenvalue weighted by molar-refractivity contribution is 8.00. The third-order valence-corrected chi connectivity index (χ3v) is 5.24. The fraction of sp³-hybridized carbons (Fsp3) is 0.600. The smallest absolute Gasteiger partial charge is 0.127 e. The summed E-state index contributed by atoms with van der Waals surface area (Å²) in [7, 11) is 0. The third kappa shape index (κ3) is 3.99. The van der Waals surface area contributed by atoms with Crippen molar-refractivity contribution in [2.24, 2.45) is 11.7 Å². The number of benzene rings is 1. The maximum Gasteiger partial charge on any atom is 0.127 e. The molecule has 3 heteroatoms. The molecule has 0 amide bonds. The van der Waals surface area contributed by atoms with E-state index in [2.05, 4.69) is 27.7 Å². The Bertz CT molecular complexity index is 367. The molecule has 1 aromatic rings. The van der Waals surface area contributed by atoms with E-state index >= 15 is 0 Å². The molecular formula is C15H24FNS. The van der Waals surface area contributed by atoms with Crippen molar-refractivity contribution in [3.63, 3.8) is 0 Å². The van der Waals surface area contributed by atoms with Crippen molar-refractivity contribution in [2.45, 2.75) is 50.7 Å². The number of rotatable bonds is 6. The molecule has 0 bridgehead atoms. The molecule has 0 saturated carbocycles. The summed E-state index contributed by atoms with van der Waals surface area (Å²) in [5, 5.41) is 0.501. The predicted molar refractivity (Wildman–Crippen MR) is 79.3 cm³/mol. The quantitative estimate of drug-likeness (QED) is 0.829. The SMILES string of the molecule is CCC(N)C(SC(C)C(C)C)c1ccccc1F. The van der Waals surface area contributed by atoms with Gasteiger partial charge in [0.25, 0.3) is 0 Å². The molecule has 3 unspecified atom stereocenters. The lowest BCUT2D eigenvalue weighted by Gasteiger charge is -2.28. The fourth-order valence-electron chi connectivity index (χ4n) is 1.71. The molecule has 0 heterocycles. The first-order valence-corrected chi connectivity index (χ1v) is 7.57. The predicted octanol–water partition coefficient (Wildman–Crippen LogP) is 4.38. The van der Waals surface area contributed by atoms with Gasteiger partial charge in [-0.1, -0.05) is 45.9 Å². The van der Waals surface area contributed by atoms with E-state index in [1.807, 2.05) is 12.1 Å². The van der Waals surface area contributed by atoms with Crippen LogP contribution in [0.5, 0.6) is 0 Å². The Morgan fingerprint density at radius 2 is 1.83 bits per heavy atom. The van der Waals surface area contributed by atoms with Crippen LogP contribution in [0.3, 0.4) is 0 Å². The molecule has 0 radical (unpaired) electrons. The van der Waals surface area contributed by atoms with E-state index in [0.29, 0.717) is 11.2 Å².